The molecule has 1 aliphatic rings. The number of hydrogen-bond acceptors (Lipinski definition) is 4. The van der Waals surface area contributed by atoms with Gasteiger partial charge in [0.2, 0.25) is 0 Å². The van der Waals surface area contributed by atoms with Crippen LogP contribution in [0.1, 0.15) is 38.8 Å². The van der Waals surface area contributed by atoms with Gasteiger partial charge in [0.15, 0.2) is 5.96 Å². The zero-order valence-corrected chi connectivity index (χ0v) is 15.2. The molecule has 2 unspecified atom stereocenters. The highest BCUT2D eigenvalue weighted by atomic mass is 16.5. The summed E-state index contributed by atoms with van der Waals surface area (Å²) in [4.78, 5) is 8.77. The van der Waals surface area contributed by atoms with E-state index in [1.807, 2.05) is 11.6 Å². The first-order valence-corrected chi connectivity index (χ1v) is 8.23. The van der Waals surface area contributed by atoms with Gasteiger partial charge >= 0.3 is 0 Å². The van der Waals surface area contributed by atoms with Gasteiger partial charge in [-0.25, -0.2) is 9.67 Å². The molecule has 0 radical (unpaired) electrons. The zero-order valence-electron chi connectivity index (χ0n) is 15.2. The van der Waals surface area contributed by atoms with Crippen molar-refractivity contribution in [3.8, 4) is 0 Å². The van der Waals surface area contributed by atoms with Crippen LogP contribution in [0, 0.1) is 12.3 Å². The Morgan fingerprint density at radius 1 is 1.48 bits per heavy atom. The highest BCUT2D eigenvalue weighted by Crippen LogP contribution is 2.21. The minimum Gasteiger partial charge on any atom is -0.379 e. The summed E-state index contributed by atoms with van der Waals surface area (Å²) in [5.74, 6) is 2.73. The van der Waals surface area contributed by atoms with E-state index in [2.05, 4.69) is 46.5 Å². The van der Waals surface area contributed by atoms with Gasteiger partial charge in [-0.1, -0.05) is 20.8 Å². The molecule has 2 atom stereocenters. The van der Waals surface area contributed by atoms with E-state index in [1.165, 1.54) is 0 Å². The lowest BCUT2D eigenvalue weighted by atomic mass is 9.89. The minimum atomic E-state index is 0.0819. The Morgan fingerprint density at radius 2 is 2.22 bits per heavy atom. The molecule has 0 saturated carbocycles. The standard InChI is InChI=1S/C16H30N6O/c1-11-19-14-8-7-12(10-22(14)21-11)20-15(17-5)18-9-13(23-6)16(2,3)4/h12-13H,7-10H2,1-6H3,(H2,17,18,20). The summed E-state index contributed by atoms with van der Waals surface area (Å²) in [6.45, 7) is 10.0. The van der Waals surface area contributed by atoms with E-state index in [-0.39, 0.29) is 11.5 Å². The number of fused-ring (bicyclic) bond motifs is 1. The maximum absolute atomic E-state index is 5.58. The van der Waals surface area contributed by atoms with E-state index in [0.717, 1.165) is 43.5 Å². The Bertz CT molecular complexity index is 545. The van der Waals surface area contributed by atoms with Crippen LogP contribution in [0.15, 0.2) is 4.99 Å². The minimum absolute atomic E-state index is 0.0819. The van der Waals surface area contributed by atoms with Crippen LogP contribution in [-0.4, -0.2) is 53.6 Å². The number of aliphatic imine (C=N–C) groups is 1. The normalized spacial score (nSPS) is 20.1. The molecular weight excluding hydrogens is 292 g/mol. The quantitative estimate of drug-likeness (QED) is 0.642. The molecule has 2 heterocycles. The third-order valence-corrected chi connectivity index (χ3v) is 4.23. The number of hydrogen-bond donors (Lipinski definition) is 2. The van der Waals surface area contributed by atoms with Crippen molar-refractivity contribution in [1.29, 1.82) is 0 Å². The molecule has 7 heteroatoms. The van der Waals surface area contributed by atoms with Crippen molar-refractivity contribution in [3.05, 3.63) is 11.6 Å². The third-order valence-electron chi connectivity index (χ3n) is 4.23. The van der Waals surface area contributed by atoms with Crippen molar-refractivity contribution in [2.75, 3.05) is 20.7 Å². The van der Waals surface area contributed by atoms with Gasteiger partial charge in [-0.05, 0) is 18.8 Å². The number of methoxy groups -OCH3 is 1. The van der Waals surface area contributed by atoms with Crippen LogP contribution >= 0.6 is 0 Å². The average Bonchev–Trinajstić information content (AvgIpc) is 2.84. The molecule has 0 saturated heterocycles. The maximum atomic E-state index is 5.58. The number of guanidine groups is 1. The smallest absolute Gasteiger partial charge is 0.191 e. The van der Waals surface area contributed by atoms with Crippen molar-refractivity contribution < 1.29 is 4.74 Å². The number of aryl methyl sites for hydroxylation is 2. The highest BCUT2D eigenvalue weighted by molar-refractivity contribution is 5.80. The van der Waals surface area contributed by atoms with E-state index in [4.69, 9.17) is 4.74 Å². The van der Waals surface area contributed by atoms with E-state index < -0.39 is 0 Å². The maximum Gasteiger partial charge on any atom is 0.191 e. The van der Waals surface area contributed by atoms with E-state index in [1.54, 1.807) is 14.2 Å². The first-order valence-electron chi connectivity index (χ1n) is 8.23. The molecule has 1 aliphatic heterocycles. The van der Waals surface area contributed by atoms with Gasteiger partial charge in [0.25, 0.3) is 0 Å². The van der Waals surface area contributed by atoms with Crippen molar-refractivity contribution in [3.63, 3.8) is 0 Å². The fourth-order valence-corrected chi connectivity index (χ4v) is 2.87. The van der Waals surface area contributed by atoms with E-state index in [0.29, 0.717) is 6.04 Å². The first kappa shape index (κ1) is 17.7. The predicted octanol–water partition coefficient (Wildman–Crippen LogP) is 1.13. The summed E-state index contributed by atoms with van der Waals surface area (Å²) in [6.07, 6.45) is 2.10. The van der Waals surface area contributed by atoms with E-state index in [9.17, 15) is 0 Å². The second kappa shape index (κ2) is 7.29. The lowest BCUT2D eigenvalue weighted by Gasteiger charge is -2.31. The van der Waals surface area contributed by atoms with Crippen molar-refractivity contribution in [2.45, 2.75) is 59.2 Å². The van der Waals surface area contributed by atoms with Crippen LogP contribution in [0.25, 0.3) is 0 Å². The number of ether oxygens (including phenoxy) is 1. The lowest BCUT2D eigenvalue weighted by molar-refractivity contribution is 0.0205. The third kappa shape index (κ3) is 4.67. The Labute approximate surface area is 138 Å². The topological polar surface area (TPSA) is 76.4 Å². The fourth-order valence-electron chi connectivity index (χ4n) is 2.87. The van der Waals surface area contributed by atoms with E-state index >= 15 is 0 Å². The van der Waals surface area contributed by atoms with Crippen LogP contribution in [0.3, 0.4) is 0 Å². The summed E-state index contributed by atoms with van der Waals surface area (Å²) >= 11 is 0. The molecule has 0 bridgehead atoms. The van der Waals surface area contributed by atoms with Crippen LogP contribution in [0.5, 0.6) is 0 Å². The summed E-state index contributed by atoms with van der Waals surface area (Å²) in [6, 6.07) is 0.311. The predicted molar refractivity (Wildman–Crippen MR) is 91.6 cm³/mol. The highest BCUT2D eigenvalue weighted by Gasteiger charge is 2.25. The second-order valence-corrected chi connectivity index (χ2v) is 7.18. The molecule has 130 valence electrons. The van der Waals surface area contributed by atoms with Gasteiger partial charge in [0.05, 0.1) is 12.6 Å². The molecule has 0 spiro atoms. The Kier molecular flexibility index (Phi) is 5.62. The average molecular weight is 322 g/mol. The molecule has 23 heavy (non-hydrogen) atoms. The number of rotatable bonds is 4. The molecule has 0 aromatic carbocycles. The molecular formula is C16H30N6O. The van der Waals surface area contributed by atoms with Crippen molar-refractivity contribution in [2.24, 2.45) is 10.4 Å². The largest absolute Gasteiger partial charge is 0.379 e. The van der Waals surface area contributed by atoms with Gasteiger partial charge in [-0.15, -0.1) is 0 Å². The van der Waals surface area contributed by atoms with Crippen LogP contribution in [0.2, 0.25) is 0 Å². The van der Waals surface area contributed by atoms with Gasteiger partial charge < -0.3 is 15.4 Å². The Morgan fingerprint density at radius 3 is 2.83 bits per heavy atom. The Hall–Kier alpha value is -1.63. The molecule has 0 fully saturated rings. The first-order chi connectivity index (χ1) is 10.8. The second-order valence-electron chi connectivity index (χ2n) is 7.18. The fraction of sp³-hybridized carbons (Fsp3) is 0.812. The van der Waals surface area contributed by atoms with Crippen molar-refractivity contribution in [1.82, 2.24) is 25.4 Å². The zero-order chi connectivity index (χ0) is 17.0. The van der Waals surface area contributed by atoms with Gasteiger partial charge in [-0.3, -0.25) is 4.99 Å². The molecule has 2 N–H and O–H groups in total. The van der Waals surface area contributed by atoms with Crippen molar-refractivity contribution >= 4 is 5.96 Å². The van der Waals surface area contributed by atoms with Gasteiger partial charge in [-0.2, -0.15) is 5.10 Å². The Balaban J connectivity index is 1.88. The summed E-state index contributed by atoms with van der Waals surface area (Å²) in [7, 11) is 3.55. The molecule has 0 aliphatic carbocycles. The van der Waals surface area contributed by atoms with Crippen LogP contribution in [0.4, 0.5) is 0 Å². The summed E-state index contributed by atoms with van der Waals surface area (Å²) in [5, 5.41) is 11.3. The molecule has 0 amide bonds. The van der Waals surface area contributed by atoms with Crippen LogP contribution in [-0.2, 0) is 17.7 Å². The number of nitrogens with zero attached hydrogens (tertiary/aromatic N) is 4. The van der Waals surface area contributed by atoms with Gasteiger partial charge in [0, 0.05) is 33.2 Å². The lowest BCUT2D eigenvalue weighted by Crippen LogP contribution is -2.50. The SMILES string of the molecule is CN=C(NCC(OC)C(C)(C)C)NC1CCc2nc(C)nn2C1. The molecule has 7 nitrogen and oxygen atoms in total. The van der Waals surface area contributed by atoms with Gasteiger partial charge in [0.1, 0.15) is 11.6 Å². The molecule has 2 rings (SSSR count). The number of aromatic nitrogens is 3. The monoisotopic (exact) mass is 322 g/mol. The molecule has 1 aromatic heterocycles. The van der Waals surface area contributed by atoms with Crippen LogP contribution < -0.4 is 10.6 Å². The number of nitrogens with one attached hydrogen (secondary N) is 2. The summed E-state index contributed by atoms with van der Waals surface area (Å²) < 4.78 is 7.58. The molecule has 1 aromatic rings. The summed E-state index contributed by atoms with van der Waals surface area (Å²) in [5.41, 5.74) is 0.0819.